The van der Waals surface area contributed by atoms with E-state index < -0.39 is 22.5 Å². The van der Waals surface area contributed by atoms with E-state index in [1.165, 1.54) is 38.6 Å². The van der Waals surface area contributed by atoms with E-state index in [1.807, 2.05) is 37.2 Å². The van der Waals surface area contributed by atoms with E-state index in [0.29, 0.717) is 5.75 Å². The zero-order valence-corrected chi connectivity index (χ0v) is 22.7. The molecule has 0 heterocycles. The molecule has 190 valence electrons. The Hall–Kier alpha value is -3.57. The van der Waals surface area contributed by atoms with Crippen molar-refractivity contribution in [2.45, 2.75) is 4.90 Å². The van der Waals surface area contributed by atoms with Gasteiger partial charge < -0.3 is 14.4 Å². The number of hydrogen-bond acceptors (Lipinski definition) is 7. The van der Waals surface area contributed by atoms with Crippen LogP contribution in [0.3, 0.4) is 0 Å². The second kappa shape index (κ2) is 11.9. The lowest BCUT2D eigenvalue weighted by Crippen LogP contribution is -2.39. The number of sulfonamides is 1. The minimum absolute atomic E-state index is 0.0250. The van der Waals surface area contributed by atoms with Crippen molar-refractivity contribution in [2.24, 2.45) is 5.10 Å². The van der Waals surface area contributed by atoms with Crippen molar-refractivity contribution < 1.29 is 22.7 Å². The van der Waals surface area contributed by atoms with Gasteiger partial charge in [-0.05, 0) is 57.9 Å². The maximum absolute atomic E-state index is 13.6. The number of benzene rings is 3. The predicted molar refractivity (Wildman–Crippen MR) is 145 cm³/mol. The Bertz CT molecular complexity index is 1350. The third-order valence-corrected chi connectivity index (χ3v) is 7.54. The highest BCUT2D eigenvalue weighted by Crippen LogP contribution is 2.35. The number of hydrazone groups is 1. The Morgan fingerprint density at radius 3 is 2.33 bits per heavy atom. The first-order valence-electron chi connectivity index (χ1n) is 10.8. The number of carbonyl (C=O) groups is 1. The van der Waals surface area contributed by atoms with Crippen LogP contribution in [0.1, 0.15) is 5.56 Å². The van der Waals surface area contributed by atoms with Gasteiger partial charge in [-0.2, -0.15) is 5.10 Å². The molecule has 3 aromatic carbocycles. The average Bonchev–Trinajstić information content (AvgIpc) is 2.87. The van der Waals surface area contributed by atoms with Crippen LogP contribution in [0.15, 0.2) is 81.2 Å². The fourth-order valence-corrected chi connectivity index (χ4v) is 5.52. The van der Waals surface area contributed by atoms with Gasteiger partial charge >= 0.3 is 0 Å². The Labute approximate surface area is 219 Å². The van der Waals surface area contributed by atoms with Crippen LogP contribution in [0.25, 0.3) is 0 Å². The molecular formula is C25H27BrN4O5S. The van der Waals surface area contributed by atoms with E-state index in [4.69, 9.17) is 9.47 Å². The number of carbonyl (C=O) groups excluding carboxylic acids is 1. The molecule has 0 aliphatic heterocycles. The molecule has 0 saturated carbocycles. The molecule has 0 unspecified atom stereocenters. The van der Waals surface area contributed by atoms with Crippen LogP contribution in [0.4, 0.5) is 11.4 Å². The number of amides is 1. The number of anilines is 2. The van der Waals surface area contributed by atoms with Crippen LogP contribution in [0.2, 0.25) is 0 Å². The molecule has 0 radical (unpaired) electrons. The SMILES string of the molecule is COc1ccc(OC)c(N(CC(=O)N/N=C\c2ccc(N(C)C)c(Br)c2)S(=O)(=O)c2ccccc2)c1. The van der Waals surface area contributed by atoms with Crippen molar-refractivity contribution in [1.82, 2.24) is 5.43 Å². The summed E-state index contributed by atoms with van der Waals surface area (Å²) >= 11 is 3.51. The topological polar surface area (TPSA) is 101 Å². The lowest BCUT2D eigenvalue weighted by Gasteiger charge is -2.25. The van der Waals surface area contributed by atoms with Crippen molar-refractivity contribution in [2.75, 3.05) is 44.1 Å². The fraction of sp³-hybridized carbons (Fsp3) is 0.200. The van der Waals surface area contributed by atoms with Gasteiger partial charge in [-0.1, -0.05) is 24.3 Å². The Kier molecular flexibility index (Phi) is 8.94. The van der Waals surface area contributed by atoms with Crippen LogP contribution in [-0.2, 0) is 14.8 Å². The molecule has 9 nitrogen and oxygen atoms in total. The molecule has 3 aromatic rings. The first-order chi connectivity index (χ1) is 17.2. The number of halogens is 1. The molecule has 36 heavy (non-hydrogen) atoms. The Morgan fingerprint density at radius 2 is 1.72 bits per heavy atom. The molecule has 0 saturated heterocycles. The monoisotopic (exact) mass is 574 g/mol. The first kappa shape index (κ1) is 27.0. The summed E-state index contributed by atoms with van der Waals surface area (Å²) in [5.41, 5.74) is 4.30. The van der Waals surface area contributed by atoms with Gasteiger partial charge in [0.15, 0.2) is 0 Å². The first-order valence-corrected chi connectivity index (χ1v) is 13.0. The van der Waals surface area contributed by atoms with E-state index in [0.717, 1.165) is 20.0 Å². The average molecular weight is 575 g/mol. The van der Waals surface area contributed by atoms with Gasteiger partial charge in [-0.25, -0.2) is 13.8 Å². The zero-order valence-electron chi connectivity index (χ0n) is 20.3. The molecule has 0 aliphatic rings. The Morgan fingerprint density at radius 1 is 1.00 bits per heavy atom. The van der Waals surface area contributed by atoms with Gasteiger partial charge in [-0.3, -0.25) is 9.10 Å². The lowest BCUT2D eigenvalue weighted by molar-refractivity contribution is -0.119. The van der Waals surface area contributed by atoms with Crippen molar-refractivity contribution in [3.05, 3.63) is 76.8 Å². The number of nitrogens with zero attached hydrogens (tertiary/aromatic N) is 3. The number of methoxy groups -OCH3 is 2. The summed E-state index contributed by atoms with van der Waals surface area (Å²) in [6.45, 7) is -0.540. The van der Waals surface area contributed by atoms with Crippen molar-refractivity contribution in [3.8, 4) is 11.5 Å². The summed E-state index contributed by atoms with van der Waals surface area (Å²) < 4.78 is 39.6. The second-order valence-electron chi connectivity index (χ2n) is 7.76. The normalized spacial score (nSPS) is 11.2. The highest BCUT2D eigenvalue weighted by molar-refractivity contribution is 9.10. The molecule has 0 bridgehead atoms. The van der Waals surface area contributed by atoms with Crippen molar-refractivity contribution in [1.29, 1.82) is 0 Å². The summed E-state index contributed by atoms with van der Waals surface area (Å²) in [7, 11) is 2.62. The third-order valence-electron chi connectivity index (χ3n) is 5.13. The molecule has 11 heteroatoms. The van der Waals surface area contributed by atoms with Gasteiger partial charge in [0.1, 0.15) is 18.0 Å². The van der Waals surface area contributed by atoms with E-state index in [9.17, 15) is 13.2 Å². The molecule has 0 fully saturated rings. The van der Waals surface area contributed by atoms with Gasteiger partial charge in [0.05, 0.1) is 36.7 Å². The minimum atomic E-state index is -4.13. The molecule has 0 aliphatic carbocycles. The van der Waals surface area contributed by atoms with Crippen LogP contribution in [0, 0.1) is 0 Å². The number of rotatable bonds is 10. The third kappa shape index (κ3) is 6.35. The summed E-state index contributed by atoms with van der Waals surface area (Å²) in [4.78, 5) is 14.8. The maximum Gasteiger partial charge on any atom is 0.264 e. The van der Waals surface area contributed by atoms with E-state index >= 15 is 0 Å². The summed E-state index contributed by atoms with van der Waals surface area (Å²) in [6.07, 6.45) is 1.48. The standard InChI is InChI=1S/C25H27BrN4O5S/c1-29(2)22-12-10-18(14-21(22)26)16-27-28-25(31)17-30(36(32,33)20-8-6-5-7-9-20)23-15-19(34-3)11-13-24(23)35-4/h5-16H,17H2,1-4H3,(H,28,31)/b27-16-. The maximum atomic E-state index is 13.6. The fourth-order valence-electron chi connectivity index (χ4n) is 3.32. The molecular weight excluding hydrogens is 548 g/mol. The molecule has 0 spiro atoms. The van der Waals surface area contributed by atoms with Crippen LogP contribution in [-0.4, -0.2) is 55.4 Å². The van der Waals surface area contributed by atoms with Gasteiger partial charge in [0.2, 0.25) is 0 Å². The zero-order chi connectivity index (χ0) is 26.3. The predicted octanol–water partition coefficient (Wildman–Crippen LogP) is 3.88. The molecule has 1 N–H and O–H groups in total. The summed E-state index contributed by atoms with van der Waals surface area (Å²) in [5, 5.41) is 4.00. The molecule has 1 amide bonds. The largest absolute Gasteiger partial charge is 0.497 e. The number of nitrogens with one attached hydrogen (secondary N) is 1. The van der Waals surface area contributed by atoms with Gasteiger partial charge in [0.25, 0.3) is 15.9 Å². The second-order valence-corrected chi connectivity index (χ2v) is 10.5. The Balaban J connectivity index is 1.89. The van der Waals surface area contributed by atoms with Crippen molar-refractivity contribution in [3.63, 3.8) is 0 Å². The molecule has 0 atom stereocenters. The number of hydrogen-bond donors (Lipinski definition) is 1. The van der Waals surface area contributed by atoms with Crippen LogP contribution in [0.5, 0.6) is 11.5 Å². The van der Waals surface area contributed by atoms with Crippen LogP contribution >= 0.6 is 15.9 Å². The van der Waals surface area contributed by atoms with Crippen molar-refractivity contribution >= 4 is 49.4 Å². The summed E-state index contributed by atoms with van der Waals surface area (Å²) in [5.74, 6) is 0.0290. The summed E-state index contributed by atoms with van der Waals surface area (Å²) in [6, 6.07) is 18.2. The van der Waals surface area contributed by atoms with Gasteiger partial charge in [0, 0.05) is 24.6 Å². The highest BCUT2D eigenvalue weighted by Gasteiger charge is 2.29. The highest BCUT2D eigenvalue weighted by atomic mass is 79.9. The molecule has 0 aromatic heterocycles. The molecule has 3 rings (SSSR count). The van der Waals surface area contributed by atoms with Gasteiger partial charge in [-0.15, -0.1) is 0 Å². The van der Waals surface area contributed by atoms with E-state index in [-0.39, 0.29) is 16.3 Å². The quantitative estimate of drug-likeness (QED) is 0.291. The lowest BCUT2D eigenvalue weighted by atomic mass is 10.2. The minimum Gasteiger partial charge on any atom is -0.497 e. The van der Waals surface area contributed by atoms with E-state index in [2.05, 4.69) is 26.5 Å². The van der Waals surface area contributed by atoms with E-state index in [1.54, 1.807) is 30.3 Å². The smallest absolute Gasteiger partial charge is 0.264 e. The number of ether oxygens (including phenoxy) is 2. The van der Waals surface area contributed by atoms with Crippen LogP contribution < -0.4 is 24.1 Å².